The second-order valence-corrected chi connectivity index (χ2v) is 8.23. The molecule has 0 aliphatic carbocycles. The van der Waals surface area contributed by atoms with Crippen molar-refractivity contribution in [2.45, 2.75) is 13.3 Å². The van der Waals surface area contributed by atoms with Crippen molar-refractivity contribution in [1.29, 1.82) is 0 Å². The Labute approximate surface area is 177 Å². The average Bonchev–Trinajstić information content (AvgIpc) is 3.21. The van der Waals surface area contributed by atoms with Crippen LogP contribution in [0.5, 0.6) is 5.75 Å². The summed E-state index contributed by atoms with van der Waals surface area (Å²) in [5, 5.41) is 20.6. The minimum absolute atomic E-state index is 0.00852. The van der Waals surface area contributed by atoms with Crippen LogP contribution in [0, 0.1) is 10.1 Å². The minimum atomic E-state index is -0.405. The van der Waals surface area contributed by atoms with Crippen molar-refractivity contribution in [3.63, 3.8) is 0 Å². The highest BCUT2D eigenvalue weighted by Crippen LogP contribution is 2.36. The first-order valence-corrected chi connectivity index (χ1v) is 10.4. The molecule has 30 heavy (non-hydrogen) atoms. The number of ether oxygens (including phenoxy) is 1. The lowest BCUT2D eigenvalue weighted by atomic mass is 9.98. The summed E-state index contributed by atoms with van der Waals surface area (Å²) in [4.78, 5) is 24.4. The van der Waals surface area contributed by atoms with E-state index in [-0.39, 0.29) is 11.5 Å². The maximum absolute atomic E-state index is 11.5. The monoisotopic (exact) mass is 424 g/mol. The first-order chi connectivity index (χ1) is 14.4. The van der Waals surface area contributed by atoms with E-state index in [2.05, 4.69) is 15.1 Å². The summed E-state index contributed by atoms with van der Waals surface area (Å²) >= 11 is 1.35. The van der Waals surface area contributed by atoms with Gasteiger partial charge < -0.3 is 9.64 Å². The molecule has 2 aromatic carbocycles. The van der Waals surface area contributed by atoms with Gasteiger partial charge in [-0.1, -0.05) is 6.07 Å². The van der Waals surface area contributed by atoms with Crippen LogP contribution in [0.25, 0.3) is 11.1 Å². The quantitative estimate of drug-likeness (QED) is 0.533. The van der Waals surface area contributed by atoms with E-state index < -0.39 is 4.92 Å². The highest BCUT2D eigenvalue weighted by Gasteiger charge is 2.21. The number of thioether (sulfide) groups is 1. The van der Waals surface area contributed by atoms with E-state index in [9.17, 15) is 14.9 Å². The lowest BCUT2D eigenvalue weighted by Crippen LogP contribution is -2.28. The Morgan fingerprint density at radius 2 is 2.00 bits per heavy atom. The maximum Gasteiger partial charge on any atom is 0.270 e. The number of nitrogens with zero attached hydrogens (tertiary/aromatic N) is 4. The van der Waals surface area contributed by atoms with E-state index >= 15 is 0 Å². The summed E-state index contributed by atoms with van der Waals surface area (Å²) < 4.78 is 5.78. The van der Waals surface area contributed by atoms with Crippen LogP contribution in [0.4, 0.5) is 11.4 Å². The van der Waals surface area contributed by atoms with Crippen LogP contribution in [0.3, 0.4) is 0 Å². The summed E-state index contributed by atoms with van der Waals surface area (Å²) in [5.74, 6) is 1.17. The molecule has 2 aliphatic heterocycles. The Morgan fingerprint density at radius 1 is 1.20 bits per heavy atom. The van der Waals surface area contributed by atoms with Crippen LogP contribution >= 0.6 is 11.8 Å². The van der Waals surface area contributed by atoms with Gasteiger partial charge >= 0.3 is 0 Å². The van der Waals surface area contributed by atoms with E-state index in [1.165, 1.54) is 24.8 Å². The first-order valence-electron chi connectivity index (χ1n) is 9.44. The molecule has 0 radical (unpaired) electrons. The Kier molecular flexibility index (Phi) is 5.54. The van der Waals surface area contributed by atoms with Crippen LogP contribution in [0.1, 0.15) is 18.9 Å². The highest BCUT2D eigenvalue weighted by atomic mass is 32.2. The van der Waals surface area contributed by atoms with E-state index in [0.717, 1.165) is 28.6 Å². The van der Waals surface area contributed by atoms with Gasteiger partial charge in [0.15, 0.2) is 0 Å². The molecule has 0 atom stereocenters. The SMILES string of the molecule is CC(=O)CSC1=NN=C(c2cc(-c3ccc4c(c3)OCCN4C)cc([N+](=O)[O-])c2)C1. The van der Waals surface area contributed by atoms with E-state index in [1.54, 1.807) is 6.07 Å². The zero-order valence-corrected chi connectivity index (χ0v) is 17.4. The van der Waals surface area contributed by atoms with Crippen molar-refractivity contribution in [3.05, 3.63) is 52.1 Å². The van der Waals surface area contributed by atoms with Gasteiger partial charge in [0.05, 0.1) is 28.6 Å². The van der Waals surface area contributed by atoms with Crippen LogP contribution in [-0.4, -0.2) is 47.4 Å². The fraction of sp³-hybridized carbons (Fsp3) is 0.286. The Bertz CT molecular complexity index is 1100. The van der Waals surface area contributed by atoms with Gasteiger partial charge in [-0.3, -0.25) is 14.9 Å². The number of hydrogen-bond donors (Lipinski definition) is 0. The minimum Gasteiger partial charge on any atom is -0.490 e. The molecule has 0 N–H and O–H groups in total. The molecule has 0 saturated heterocycles. The van der Waals surface area contributed by atoms with E-state index in [4.69, 9.17) is 4.74 Å². The Balaban J connectivity index is 1.65. The number of carbonyl (C=O) groups is 1. The molecule has 8 nitrogen and oxygen atoms in total. The average molecular weight is 424 g/mol. The third-order valence-corrected chi connectivity index (χ3v) is 6.00. The molecule has 9 heteroatoms. The lowest BCUT2D eigenvalue weighted by molar-refractivity contribution is -0.384. The fourth-order valence-corrected chi connectivity index (χ4v) is 4.05. The molecule has 2 heterocycles. The van der Waals surface area contributed by atoms with Gasteiger partial charge in [0.1, 0.15) is 23.2 Å². The fourth-order valence-electron chi connectivity index (χ4n) is 3.34. The van der Waals surface area contributed by atoms with E-state index in [1.807, 2.05) is 31.3 Å². The molecular formula is C21H20N4O4S. The predicted octanol–water partition coefficient (Wildman–Crippen LogP) is 3.92. The van der Waals surface area contributed by atoms with Crippen LogP contribution < -0.4 is 9.64 Å². The second kappa shape index (κ2) is 8.27. The molecular weight excluding hydrogens is 404 g/mol. The highest BCUT2D eigenvalue weighted by molar-refractivity contribution is 8.14. The van der Waals surface area contributed by atoms with Gasteiger partial charge in [0.25, 0.3) is 5.69 Å². The smallest absolute Gasteiger partial charge is 0.270 e. The zero-order chi connectivity index (χ0) is 21.3. The largest absolute Gasteiger partial charge is 0.490 e. The first kappa shape index (κ1) is 20.1. The number of rotatable bonds is 5. The van der Waals surface area contributed by atoms with Gasteiger partial charge in [-0.05, 0) is 36.2 Å². The number of non-ortho nitro benzene ring substituents is 1. The number of hydrogen-bond acceptors (Lipinski definition) is 8. The number of carbonyl (C=O) groups excluding carboxylic acids is 1. The molecule has 0 amide bonds. The van der Waals surface area contributed by atoms with Gasteiger partial charge in [-0.25, -0.2) is 0 Å². The molecule has 154 valence electrons. The topological polar surface area (TPSA) is 97.4 Å². The van der Waals surface area contributed by atoms with Crippen LogP contribution in [0.2, 0.25) is 0 Å². The number of anilines is 1. The van der Waals surface area contributed by atoms with Crippen molar-refractivity contribution in [1.82, 2.24) is 0 Å². The van der Waals surface area contributed by atoms with Crippen LogP contribution in [0.15, 0.2) is 46.6 Å². The summed E-state index contributed by atoms with van der Waals surface area (Å²) in [6.07, 6.45) is 0.455. The van der Waals surface area contributed by atoms with Gasteiger partial charge in [-0.2, -0.15) is 5.10 Å². The molecule has 0 saturated carbocycles. The lowest BCUT2D eigenvalue weighted by Gasteiger charge is -2.28. The van der Waals surface area contributed by atoms with Crippen LogP contribution in [-0.2, 0) is 4.79 Å². The molecule has 4 rings (SSSR count). The molecule has 0 fully saturated rings. The molecule has 0 aromatic heterocycles. The van der Waals surface area contributed by atoms with Gasteiger partial charge in [-0.15, -0.1) is 16.9 Å². The van der Waals surface area contributed by atoms with Crippen molar-refractivity contribution in [3.8, 4) is 16.9 Å². The van der Waals surface area contributed by atoms with Crippen molar-refractivity contribution < 1.29 is 14.5 Å². The zero-order valence-electron chi connectivity index (χ0n) is 16.6. The molecule has 2 aliphatic rings. The number of nitro benzene ring substituents is 1. The molecule has 0 unspecified atom stereocenters. The predicted molar refractivity (Wildman–Crippen MR) is 119 cm³/mol. The third kappa shape index (κ3) is 4.20. The number of nitro groups is 1. The van der Waals surface area contributed by atoms with Crippen molar-refractivity contribution >= 4 is 39.7 Å². The molecule has 2 aromatic rings. The normalized spacial score (nSPS) is 15.2. The Hall–Kier alpha value is -3.20. The maximum atomic E-state index is 11.5. The number of likely N-dealkylation sites (N-methyl/N-ethyl adjacent to an activating group) is 1. The summed E-state index contributed by atoms with van der Waals surface area (Å²) in [6, 6.07) is 10.8. The summed E-state index contributed by atoms with van der Waals surface area (Å²) in [5.41, 5.74) is 3.84. The number of benzene rings is 2. The Morgan fingerprint density at radius 3 is 2.77 bits per heavy atom. The van der Waals surface area contributed by atoms with E-state index in [0.29, 0.717) is 35.6 Å². The number of Topliss-reactive ketones (excluding diaryl/α,β-unsaturated/α-hetero) is 1. The molecule has 0 spiro atoms. The standard InChI is InChI=1S/C21H20N4O4S/c1-13(26)12-30-21-11-18(22-23-21)16-7-15(8-17(9-16)25(27)28)14-3-4-19-20(10-14)29-6-5-24(19)2/h3-4,7-10H,5-6,11-12H2,1-2H3. The van der Waals surface area contributed by atoms with Crippen molar-refractivity contribution in [2.24, 2.45) is 10.2 Å². The van der Waals surface area contributed by atoms with Gasteiger partial charge in [0.2, 0.25) is 0 Å². The van der Waals surface area contributed by atoms with Crippen molar-refractivity contribution in [2.75, 3.05) is 30.9 Å². The summed E-state index contributed by atoms with van der Waals surface area (Å²) in [7, 11) is 2.01. The summed E-state index contributed by atoms with van der Waals surface area (Å²) in [6.45, 7) is 2.94. The number of fused-ring (bicyclic) bond motifs is 1. The second-order valence-electron chi connectivity index (χ2n) is 7.19. The third-order valence-electron chi connectivity index (χ3n) is 4.89. The molecule has 0 bridgehead atoms. The van der Waals surface area contributed by atoms with Gasteiger partial charge in [0, 0.05) is 31.2 Å². The number of ketones is 1.